The molecule has 2 aromatic rings. The summed E-state index contributed by atoms with van der Waals surface area (Å²) >= 11 is 5.86. The molecule has 1 aliphatic carbocycles. The van der Waals surface area contributed by atoms with Crippen molar-refractivity contribution in [3.8, 4) is 0 Å². The van der Waals surface area contributed by atoms with Crippen molar-refractivity contribution in [3.63, 3.8) is 0 Å². The third kappa shape index (κ3) is 5.11. The van der Waals surface area contributed by atoms with Crippen molar-refractivity contribution in [2.24, 2.45) is 0 Å². The Labute approximate surface area is 178 Å². The third-order valence-corrected chi connectivity index (χ3v) is 7.50. The van der Waals surface area contributed by atoms with Crippen LogP contribution in [-0.4, -0.2) is 27.4 Å². The van der Waals surface area contributed by atoms with Crippen LogP contribution in [0, 0.1) is 6.92 Å². The maximum atomic E-state index is 12.9. The van der Waals surface area contributed by atoms with Crippen LogP contribution in [0.5, 0.6) is 0 Å². The molecule has 0 unspecified atom stereocenters. The molecular weight excluding hydrogens is 408 g/mol. The number of anilines is 1. The number of nitrogens with one attached hydrogen (secondary N) is 1. The Kier molecular flexibility index (Phi) is 6.85. The molecule has 156 valence electrons. The van der Waals surface area contributed by atoms with Crippen LogP contribution in [0.25, 0.3) is 0 Å². The molecule has 1 fully saturated rings. The highest BCUT2D eigenvalue weighted by molar-refractivity contribution is 7.92. The monoisotopic (exact) mass is 434 g/mol. The minimum absolute atomic E-state index is 0.102. The molecule has 0 bridgehead atoms. The third-order valence-electron chi connectivity index (χ3n) is 5.46. The van der Waals surface area contributed by atoms with E-state index in [4.69, 9.17) is 11.6 Å². The molecule has 0 heterocycles. The zero-order valence-electron chi connectivity index (χ0n) is 16.8. The standard InChI is InChI=1S/C22H27ClN2O3S/c1-16-15-17(22(26)24-19-7-5-3-4-6-8-19)9-14-21(16)25(2)29(27,28)20-12-10-18(23)11-13-20/h9-15,19H,3-8H2,1-2H3,(H,24,26). The van der Waals surface area contributed by atoms with E-state index in [0.717, 1.165) is 31.2 Å². The van der Waals surface area contributed by atoms with Gasteiger partial charge in [-0.05, 0) is 67.8 Å². The minimum atomic E-state index is -3.72. The Hall–Kier alpha value is -2.05. The number of amides is 1. The van der Waals surface area contributed by atoms with Crippen LogP contribution in [0.3, 0.4) is 0 Å². The summed E-state index contributed by atoms with van der Waals surface area (Å²) in [6, 6.07) is 11.4. The average molecular weight is 435 g/mol. The summed E-state index contributed by atoms with van der Waals surface area (Å²) in [6.07, 6.45) is 6.80. The van der Waals surface area contributed by atoms with E-state index in [-0.39, 0.29) is 16.8 Å². The van der Waals surface area contributed by atoms with Gasteiger partial charge >= 0.3 is 0 Å². The molecule has 1 N–H and O–H groups in total. The van der Waals surface area contributed by atoms with Crippen molar-refractivity contribution in [2.45, 2.75) is 56.4 Å². The Balaban J connectivity index is 1.77. The smallest absolute Gasteiger partial charge is 0.264 e. The van der Waals surface area contributed by atoms with E-state index < -0.39 is 10.0 Å². The summed E-state index contributed by atoms with van der Waals surface area (Å²) in [4.78, 5) is 12.8. The van der Waals surface area contributed by atoms with Gasteiger partial charge in [-0.2, -0.15) is 0 Å². The topological polar surface area (TPSA) is 66.5 Å². The van der Waals surface area contributed by atoms with Crippen LogP contribution in [0.1, 0.15) is 54.4 Å². The second-order valence-electron chi connectivity index (χ2n) is 7.59. The van der Waals surface area contributed by atoms with Crippen molar-refractivity contribution < 1.29 is 13.2 Å². The Morgan fingerprint density at radius 2 is 1.66 bits per heavy atom. The van der Waals surface area contributed by atoms with E-state index in [9.17, 15) is 13.2 Å². The van der Waals surface area contributed by atoms with Crippen LogP contribution in [-0.2, 0) is 10.0 Å². The lowest BCUT2D eigenvalue weighted by Gasteiger charge is -2.22. The molecule has 1 saturated carbocycles. The molecule has 1 aliphatic rings. The zero-order chi connectivity index (χ0) is 21.0. The van der Waals surface area contributed by atoms with Gasteiger partial charge < -0.3 is 5.32 Å². The lowest BCUT2D eigenvalue weighted by Crippen LogP contribution is -2.34. The van der Waals surface area contributed by atoms with Gasteiger partial charge in [0.15, 0.2) is 0 Å². The second-order valence-corrected chi connectivity index (χ2v) is 10.00. The Bertz CT molecular complexity index is 966. The van der Waals surface area contributed by atoms with Crippen molar-refractivity contribution in [2.75, 3.05) is 11.4 Å². The predicted molar refractivity (Wildman–Crippen MR) is 117 cm³/mol. The van der Waals surface area contributed by atoms with Gasteiger partial charge in [-0.15, -0.1) is 0 Å². The number of sulfonamides is 1. The van der Waals surface area contributed by atoms with E-state index in [2.05, 4.69) is 5.32 Å². The Morgan fingerprint density at radius 1 is 1.03 bits per heavy atom. The number of aryl methyl sites for hydroxylation is 1. The molecule has 0 aliphatic heterocycles. The molecule has 0 radical (unpaired) electrons. The summed E-state index contributed by atoms with van der Waals surface area (Å²) in [6.45, 7) is 1.81. The summed E-state index contributed by atoms with van der Waals surface area (Å²) in [5, 5.41) is 3.61. The fourth-order valence-corrected chi connectivity index (χ4v) is 5.12. The number of halogens is 1. The van der Waals surface area contributed by atoms with Gasteiger partial charge in [0.25, 0.3) is 15.9 Å². The highest BCUT2D eigenvalue weighted by atomic mass is 35.5. The molecule has 0 atom stereocenters. The molecule has 0 aromatic heterocycles. The highest BCUT2D eigenvalue weighted by Gasteiger charge is 2.23. The Morgan fingerprint density at radius 3 is 2.24 bits per heavy atom. The molecular formula is C22H27ClN2O3S. The lowest BCUT2D eigenvalue weighted by atomic mass is 10.1. The van der Waals surface area contributed by atoms with Crippen LogP contribution in [0.15, 0.2) is 47.4 Å². The quantitative estimate of drug-likeness (QED) is 0.678. The van der Waals surface area contributed by atoms with Gasteiger partial charge in [-0.25, -0.2) is 8.42 Å². The number of carbonyl (C=O) groups is 1. The van der Waals surface area contributed by atoms with Gasteiger partial charge in [0.05, 0.1) is 10.6 Å². The molecule has 0 saturated heterocycles. The van der Waals surface area contributed by atoms with Gasteiger partial charge in [-0.1, -0.05) is 37.3 Å². The molecule has 3 rings (SSSR count). The molecule has 7 heteroatoms. The van der Waals surface area contributed by atoms with E-state index in [1.54, 1.807) is 30.3 Å². The molecule has 0 spiro atoms. The fraction of sp³-hybridized carbons (Fsp3) is 0.409. The summed E-state index contributed by atoms with van der Waals surface area (Å²) in [5.74, 6) is -0.102. The first-order valence-corrected chi connectivity index (χ1v) is 11.8. The maximum absolute atomic E-state index is 12.9. The normalized spacial score (nSPS) is 15.6. The highest BCUT2D eigenvalue weighted by Crippen LogP contribution is 2.27. The molecule has 5 nitrogen and oxygen atoms in total. The molecule has 29 heavy (non-hydrogen) atoms. The van der Waals surface area contributed by atoms with E-state index in [0.29, 0.717) is 16.3 Å². The fourth-order valence-electron chi connectivity index (χ4n) is 3.74. The first-order valence-electron chi connectivity index (χ1n) is 9.95. The van der Waals surface area contributed by atoms with Gasteiger partial charge in [0.2, 0.25) is 0 Å². The van der Waals surface area contributed by atoms with Gasteiger partial charge in [0.1, 0.15) is 0 Å². The average Bonchev–Trinajstić information content (AvgIpc) is 2.96. The summed E-state index contributed by atoms with van der Waals surface area (Å²) in [5.41, 5.74) is 1.80. The first kappa shape index (κ1) is 21.7. The number of benzene rings is 2. The van der Waals surface area contributed by atoms with Crippen LogP contribution >= 0.6 is 11.6 Å². The number of hydrogen-bond donors (Lipinski definition) is 1. The van der Waals surface area contributed by atoms with Gasteiger partial charge in [0, 0.05) is 23.7 Å². The van der Waals surface area contributed by atoms with Crippen molar-refractivity contribution >= 4 is 33.2 Å². The molecule has 1 amide bonds. The largest absolute Gasteiger partial charge is 0.349 e. The van der Waals surface area contributed by atoms with E-state index >= 15 is 0 Å². The SMILES string of the molecule is Cc1cc(C(=O)NC2CCCCCC2)ccc1N(C)S(=O)(=O)c1ccc(Cl)cc1. The maximum Gasteiger partial charge on any atom is 0.264 e. The number of nitrogens with zero attached hydrogens (tertiary/aromatic N) is 1. The van der Waals surface area contributed by atoms with Gasteiger partial charge in [-0.3, -0.25) is 9.10 Å². The minimum Gasteiger partial charge on any atom is -0.349 e. The first-order chi connectivity index (χ1) is 13.8. The second kappa shape index (κ2) is 9.18. The number of hydrogen-bond acceptors (Lipinski definition) is 3. The van der Waals surface area contributed by atoms with Crippen LogP contribution in [0.2, 0.25) is 5.02 Å². The van der Waals surface area contributed by atoms with E-state index in [1.165, 1.54) is 36.3 Å². The van der Waals surface area contributed by atoms with Crippen molar-refractivity contribution in [3.05, 3.63) is 58.6 Å². The van der Waals surface area contributed by atoms with Crippen LogP contribution in [0.4, 0.5) is 5.69 Å². The van der Waals surface area contributed by atoms with Crippen molar-refractivity contribution in [1.82, 2.24) is 5.32 Å². The summed E-state index contributed by atoms with van der Waals surface area (Å²) in [7, 11) is -2.21. The molecule has 2 aromatic carbocycles. The summed E-state index contributed by atoms with van der Waals surface area (Å²) < 4.78 is 27.1. The predicted octanol–water partition coefficient (Wildman–Crippen LogP) is 4.93. The van der Waals surface area contributed by atoms with Crippen LogP contribution < -0.4 is 9.62 Å². The lowest BCUT2D eigenvalue weighted by molar-refractivity contribution is 0.0933. The zero-order valence-corrected chi connectivity index (χ0v) is 18.4. The van der Waals surface area contributed by atoms with E-state index in [1.807, 2.05) is 6.92 Å². The number of rotatable bonds is 5. The van der Waals surface area contributed by atoms with Crippen molar-refractivity contribution in [1.29, 1.82) is 0 Å². The number of carbonyl (C=O) groups excluding carboxylic acids is 1.